The van der Waals surface area contributed by atoms with Gasteiger partial charge in [0.15, 0.2) is 0 Å². The van der Waals surface area contributed by atoms with Crippen LogP contribution in [0.3, 0.4) is 0 Å². The van der Waals surface area contributed by atoms with E-state index in [1.165, 1.54) is 10.8 Å². The van der Waals surface area contributed by atoms with Crippen molar-refractivity contribution in [3.8, 4) is 0 Å². The number of hydrogen-bond donors (Lipinski definition) is 0. The zero-order valence-corrected chi connectivity index (χ0v) is 9.66. The SMILES string of the molecule is Cc1nc2ccccc2c2c(C)oc(C)c12. The summed E-state index contributed by atoms with van der Waals surface area (Å²) in [5.74, 6) is 1.94. The normalized spacial score (nSPS) is 11.4. The van der Waals surface area contributed by atoms with Crippen molar-refractivity contribution >= 4 is 21.7 Å². The summed E-state index contributed by atoms with van der Waals surface area (Å²) in [5.41, 5.74) is 2.08. The zero-order valence-electron chi connectivity index (χ0n) is 9.66. The Labute approximate surface area is 93.9 Å². The molecular weight excluding hydrogens is 198 g/mol. The van der Waals surface area contributed by atoms with Gasteiger partial charge in [-0.3, -0.25) is 4.98 Å². The van der Waals surface area contributed by atoms with Gasteiger partial charge >= 0.3 is 0 Å². The maximum Gasteiger partial charge on any atom is 0.110 e. The van der Waals surface area contributed by atoms with E-state index >= 15 is 0 Å². The topological polar surface area (TPSA) is 26.0 Å². The second-order valence-corrected chi connectivity index (χ2v) is 4.18. The first-order chi connectivity index (χ1) is 7.68. The third-order valence-corrected chi connectivity index (χ3v) is 3.08. The summed E-state index contributed by atoms with van der Waals surface area (Å²) in [4.78, 5) is 4.62. The molecular formula is C14H13NO. The van der Waals surface area contributed by atoms with Gasteiger partial charge in [0.25, 0.3) is 0 Å². The fourth-order valence-electron chi connectivity index (χ4n) is 2.46. The highest BCUT2D eigenvalue weighted by atomic mass is 16.3. The van der Waals surface area contributed by atoms with Gasteiger partial charge in [-0.05, 0) is 26.8 Å². The predicted octanol–water partition coefficient (Wildman–Crippen LogP) is 3.91. The van der Waals surface area contributed by atoms with Crippen LogP contribution < -0.4 is 0 Å². The number of nitrogens with zero attached hydrogens (tertiary/aromatic N) is 1. The Morgan fingerprint density at radius 2 is 1.62 bits per heavy atom. The maximum atomic E-state index is 5.71. The third-order valence-electron chi connectivity index (χ3n) is 3.08. The first kappa shape index (κ1) is 9.40. The van der Waals surface area contributed by atoms with Gasteiger partial charge in [-0.25, -0.2) is 0 Å². The summed E-state index contributed by atoms with van der Waals surface area (Å²) in [6.45, 7) is 6.05. The molecule has 0 atom stereocenters. The molecule has 0 unspecified atom stereocenters. The number of hydrogen-bond acceptors (Lipinski definition) is 2. The molecule has 2 aromatic heterocycles. The van der Waals surface area contributed by atoms with Crippen molar-refractivity contribution in [1.29, 1.82) is 0 Å². The Morgan fingerprint density at radius 1 is 0.938 bits per heavy atom. The Hall–Kier alpha value is -1.83. The second-order valence-electron chi connectivity index (χ2n) is 4.18. The van der Waals surface area contributed by atoms with E-state index in [0.29, 0.717) is 0 Å². The van der Waals surface area contributed by atoms with Crippen LogP contribution in [0.2, 0.25) is 0 Å². The van der Waals surface area contributed by atoms with Gasteiger partial charge in [-0.15, -0.1) is 0 Å². The van der Waals surface area contributed by atoms with Crippen molar-refractivity contribution < 1.29 is 4.42 Å². The summed E-state index contributed by atoms with van der Waals surface area (Å²) < 4.78 is 5.71. The minimum atomic E-state index is 0.961. The molecule has 2 heterocycles. The van der Waals surface area contributed by atoms with E-state index in [9.17, 15) is 0 Å². The van der Waals surface area contributed by atoms with Crippen molar-refractivity contribution in [3.05, 3.63) is 41.5 Å². The molecule has 0 N–H and O–H groups in total. The van der Waals surface area contributed by atoms with Gasteiger partial charge in [-0.1, -0.05) is 18.2 Å². The number of para-hydroxylation sites is 1. The van der Waals surface area contributed by atoms with Crippen LogP contribution in [0.5, 0.6) is 0 Å². The fourth-order valence-corrected chi connectivity index (χ4v) is 2.46. The molecule has 0 amide bonds. The minimum Gasteiger partial charge on any atom is -0.465 e. The number of rotatable bonds is 0. The Morgan fingerprint density at radius 3 is 2.44 bits per heavy atom. The quantitative estimate of drug-likeness (QED) is 0.563. The largest absolute Gasteiger partial charge is 0.465 e. The standard InChI is InChI=1S/C14H13NO/c1-8-13-9(2)16-10(3)14(13)11-6-4-5-7-12(11)15-8/h4-7H,1-3H3. The van der Waals surface area contributed by atoms with Crippen LogP contribution in [-0.4, -0.2) is 4.98 Å². The third kappa shape index (κ3) is 1.10. The van der Waals surface area contributed by atoms with Gasteiger partial charge in [0, 0.05) is 21.9 Å². The molecule has 16 heavy (non-hydrogen) atoms. The molecule has 0 saturated heterocycles. The lowest BCUT2D eigenvalue weighted by Gasteiger charge is -2.02. The Bertz CT molecular complexity index is 695. The number of pyridine rings is 1. The molecule has 3 aromatic rings. The van der Waals surface area contributed by atoms with Crippen molar-refractivity contribution in [2.75, 3.05) is 0 Å². The molecule has 2 nitrogen and oxygen atoms in total. The van der Waals surface area contributed by atoms with E-state index in [4.69, 9.17) is 4.42 Å². The van der Waals surface area contributed by atoms with E-state index < -0.39 is 0 Å². The molecule has 0 bridgehead atoms. The van der Waals surface area contributed by atoms with Gasteiger partial charge in [-0.2, -0.15) is 0 Å². The van der Waals surface area contributed by atoms with Crippen molar-refractivity contribution in [3.63, 3.8) is 0 Å². The summed E-state index contributed by atoms with van der Waals surface area (Å²) in [6.07, 6.45) is 0. The predicted molar refractivity (Wildman–Crippen MR) is 65.7 cm³/mol. The summed E-state index contributed by atoms with van der Waals surface area (Å²) in [6, 6.07) is 8.21. The first-order valence-electron chi connectivity index (χ1n) is 5.43. The van der Waals surface area contributed by atoms with Crippen LogP contribution in [-0.2, 0) is 0 Å². The average molecular weight is 211 g/mol. The highest BCUT2D eigenvalue weighted by Crippen LogP contribution is 2.32. The van der Waals surface area contributed by atoms with Crippen LogP contribution >= 0.6 is 0 Å². The number of furan rings is 1. The molecule has 2 heteroatoms. The van der Waals surface area contributed by atoms with Crippen molar-refractivity contribution in [2.45, 2.75) is 20.8 Å². The van der Waals surface area contributed by atoms with Crippen LogP contribution in [0, 0.1) is 20.8 Å². The number of benzene rings is 1. The van der Waals surface area contributed by atoms with Crippen LogP contribution in [0.25, 0.3) is 21.7 Å². The van der Waals surface area contributed by atoms with Gasteiger partial charge in [0.05, 0.1) is 5.52 Å². The highest BCUT2D eigenvalue weighted by Gasteiger charge is 2.13. The maximum absolute atomic E-state index is 5.71. The molecule has 3 rings (SSSR count). The molecule has 0 spiro atoms. The molecule has 80 valence electrons. The first-order valence-corrected chi connectivity index (χ1v) is 5.43. The average Bonchev–Trinajstić information content (AvgIpc) is 2.55. The lowest BCUT2D eigenvalue weighted by molar-refractivity contribution is 0.510. The molecule has 0 fully saturated rings. The van der Waals surface area contributed by atoms with E-state index in [0.717, 1.165) is 28.1 Å². The van der Waals surface area contributed by atoms with Gasteiger partial charge in [0.1, 0.15) is 11.5 Å². The summed E-state index contributed by atoms with van der Waals surface area (Å²) in [5, 5.41) is 3.55. The minimum absolute atomic E-state index is 0.961. The van der Waals surface area contributed by atoms with Crippen LogP contribution in [0.4, 0.5) is 0 Å². The molecule has 0 aliphatic heterocycles. The van der Waals surface area contributed by atoms with Gasteiger partial charge < -0.3 is 4.42 Å². The molecule has 0 saturated carbocycles. The van der Waals surface area contributed by atoms with E-state index in [1.54, 1.807) is 0 Å². The highest BCUT2D eigenvalue weighted by molar-refractivity contribution is 6.08. The number of aryl methyl sites for hydroxylation is 3. The number of aromatic nitrogens is 1. The van der Waals surface area contributed by atoms with E-state index in [1.807, 2.05) is 39.0 Å². The zero-order chi connectivity index (χ0) is 11.3. The number of fused-ring (bicyclic) bond motifs is 3. The lowest BCUT2D eigenvalue weighted by Crippen LogP contribution is -1.86. The Kier molecular flexibility index (Phi) is 1.81. The molecule has 0 radical (unpaired) electrons. The summed E-state index contributed by atoms with van der Waals surface area (Å²) >= 11 is 0. The van der Waals surface area contributed by atoms with Crippen LogP contribution in [0.15, 0.2) is 28.7 Å². The van der Waals surface area contributed by atoms with Crippen molar-refractivity contribution in [1.82, 2.24) is 4.98 Å². The second kappa shape index (κ2) is 3.08. The Balaban J connectivity index is 2.68. The van der Waals surface area contributed by atoms with Gasteiger partial charge in [0.2, 0.25) is 0 Å². The van der Waals surface area contributed by atoms with E-state index in [-0.39, 0.29) is 0 Å². The molecule has 1 aromatic carbocycles. The fraction of sp³-hybridized carbons (Fsp3) is 0.214. The molecule has 0 aliphatic carbocycles. The smallest absolute Gasteiger partial charge is 0.110 e. The van der Waals surface area contributed by atoms with Crippen molar-refractivity contribution in [2.24, 2.45) is 0 Å². The monoisotopic (exact) mass is 211 g/mol. The lowest BCUT2D eigenvalue weighted by atomic mass is 10.1. The molecule has 0 aliphatic rings. The van der Waals surface area contributed by atoms with E-state index in [2.05, 4.69) is 11.1 Å². The van der Waals surface area contributed by atoms with Crippen LogP contribution in [0.1, 0.15) is 17.2 Å². The summed E-state index contributed by atoms with van der Waals surface area (Å²) in [7, 11) is 0.